The SMILES string of the molecule is C[C@H](NC(=O)CN1CCO[C@H](Cn2cccn2)C1)c1ccco1. The van der Waals surface area contributed by atoms with E-state index in [-0.39, 0.29) is 18.1 Å². The molecular formula is C16H22N4O3. The highest BCUT2D eigenvalue weighted by molar-refractivity contribution is 5.78. The Hall–Kier alpha value is -2.12. The lowest BCUT2D eigenvalue weighted by Crippen LogP contribution is -2.48. The Bertz CT molecular complexity index is 597. The van der Waals surface area contributed by atoms with Gasteiger partial charge in [-0.05, 0) is 25.1 Å². The van der Waals surface area contributed by atoms with Gasteiger partial charge in [0.2, 0.25) is 5.91 Å². The van der Waals surface area contributed by atoms with Crippen molar-refractivity contribution in [1.29, 1.82) is 0 Å². The van der Waals surface area contributed by atoms with Crippen LogP contribution in [0.15, 0.2) is 41.3 Å². The molecule has 1 N–H and O–H groups in total. The lowest BCUT2D eigenvalue weighted by atomic mass is 10.2. The molecule has 0 radical (unpaired) electrons. The van der Waals surface area contributed by atoms with E-state index in [1.54, 1.807) is 12.5 Å². The number of carbonyl (C=O) groups is 1. The van der Waals surface area contributed by atoms with Crippen LogP contribution < -0.4 is 5.32 Å². The summed E-state index contributed by atoms with van der Waals surface area (Å²) in [6.45, 7) is 5.10. The second-order valence-corrected chi connectivity index (χ2v) is 5.76. The van der Waals surface area contributed by atoms with Crippen LogP contribution in [0.25, 0.3) is 0 Å². The van der Waals surface area contributed by atoms with Gasteiger partial charge in [0.05, 0.1) is 38.1 Å². The molecule has 0 saturated carbocycles. The van der Waals surface area contributed by atoms with Gasteiger partial charge in [0.15, 0.2) is 0 Å². The van der Waals surface area contributed by atoms with Crippen LogP contribution in [0.3, 0.4) is 0 Å². The third-order valence-electron chi connectivity index (χ3n) is 3.89. The van der Waals surface area contributed by atoms with Crippen molar-refractivity contribution in [2.45, 2.75) is 25.6 Å². The largest absolute Gasteiger partial charge is 0.467 e. The summed E-state index contributed by atoms with van der Waals surface area (Å²) in [4.78, 5) is 14.3. The summed E-state index contributed by atoms with van der Waals surface area (Å²) in [6, 6.07) is 5.45. The number of rotatable bonds is 6. The molecule has 1 aliphatic rings. The molecule has 1 aliphatic heterocycles. The highest BCUT2D eigenvalue weighted by Gasteiger charge is 2.23. The van der Waals surface area contributed by atoms with Crippen molar-refractivity contribution in [3.8, 4) is 0 Å². The first-order valence-corrected chi connectivity index (χ1v) is 7.85. The van der Waals surface area contributed by atoms with E-state index in [0.29, 0.717) is 19.7 Å². The van der Waals surface area contributed by atoms with Gasteiger partial charge in [-0.1, -0.05) is 0 Å². The molecule has 2 aromatic rings. The van der Waals surface area contributed by atoms with Crippen molar-refractivity contribution in [2.24, 2.45) is 0 Å². The molecule has 23 heavy (non-hydrogen) atoms. The van der Waals surface area contributed by atoms with Crippen LogP contribution in [0, 0.1) is 0 Å². The molecule has 1 fully saturated rings. The van der Waals surface area contributed by atoms with E-state index in [0.717, 1.165) is 18.8 Å². The summed E-state index contributed by atoms with van der Waals surface area (Å²) in [7, 11) is 0. The normalized spacial score (nSPS) is 20.3. The molecule has 0 unspecified atom stereocenters. The lowest BCUT2D eigenvalue weighted by molar-refractivity contribution is -0.125. The summed E-state index contributed by atoms with van der Waals surface area (Å²) in [5, 5.41) is 7.15. The fraction of sp³-hybridized carbons (Fsp3) is 0.500. The number of nitrogens with zero attached hydrogens (tertiary/aromatic N) is 3. The molecule has 0 aliphatic carbocycles. The van der Waals surface area contributed by atoms with Crippen molar-refractivity contribution in [1.82, 2.24) is 20.0 Å². The fourth-order valence-electron chi connectivity index (χ4n) is 2.75. The number of morpholine rings is 1. The van der Waals surface area contributed by atoms with Gasteiger partial charge >= 0.3 is 0 Å². The Morgan fingerprint density at radius 2 is 2.43 bits per heavy atom. The molecule has 7 heteroatoms. The van der Waals surface area contributed by atoms with Crippen molar-refractivity contribution in [3.63, 3.8) is 0 Å². The van der Waals surface area contributed by atoms with Gasteiger partial charge in [0.1, 0.15) is 5.76 Å². The van der Waals surface area contributed by atoms with Gasteiger partial charge in [-0.2, -0.15) is 5.10 Å². The van der Waals surface area contributed by atoms with Crippen LogP contribution in [-0.4, -0.2) is 52.9 Å². The Balaban J connectivity index is 1.46. The van der Waals surface area contributed by atoms with Gasteiger partial charge in [-0.25, -0.2) is 0 Å². The second-order valence-electron chi connectivity index (χ2n) is 5.76. The van der Waals surface area contributed by atoms with Crippen LogP contribution in [0.5, 0.6) is 0 Å². The number of carbonyl (C=O) groups excluding carboxylic acids is 1. The quantitative estimate of drug-likeness (QED) is 0.862. The summed E-state index contributed by atoms with van der Waals surface area (Å²) >= 11 is 0. The van der Waals surface area contributed by atoms with Gasteiger partial charge in [-0.3, -0.25) is 14.4 Å². The third-order valence-corrected chi connectivity index (χ3v) is 3.89. The van der Waals surface area contributed by atoms with Crippen molar-refractivity contribution in [3.05, 3.63) is 42.6 Å². The average molecular weight is 318 g/mol. The van der Waals surface area contributed by atoms with Crippen molar-refractivity contribution < 1.29 is 13.9 Å². The molecule has 3 heterocycles. The highest BCUT2D eigenvalue weighted by atomic mass is 16.5. The Morgan fingerprint density at radius 3 is 3.17 bits per heavy atom. The minimum absolute atomic E-state index is 0.00589. The van der Waals surface area contributed by atoms with Gasteiger partial charge < -0.3 is 14.5 Å². The predicted molar refractivity (Wildman–Crippen MR) is 83.7 cm³/mol. The molecule has 0 spiro atoms. The minimum Gasteiger partial charge on any atom is -0.467 e. The number of hydrogen-bond donors (Lipinski definition) is 1. The standard InChI is InChI=1S/C16H22N4O3/c1-13(15-4-2-8-23-15)18-16(21)12-19-7-9-22-14(10-19)11-20-6-3-5-17-20/h2-6,8,13-14H,7,9-12H2,1H3,(H,18,21)/t13-,14-/m0/s1. The second kappa shape index (κ2) is 7.43. The summed E-state index contributed by atoms with van der Waals surface area (Å²) in [5.41, 5.74) is 0. The monoisotopic (exact) mass is 318 g/mol. The van der Waals surface area contributed by atoms with Gasteiger partial charge in [-0.15, -0.1) is 0 Å². The number of nitrogens with one attached hydrogen (secondary N) is 1. The number of amides is 1. The van der Waals surface area contributed by atoms with E-state index in [4.69, 9.17) is 9.15 Å². The number of hydrogen-bond acceptors (Lipinski definition) is 5. The van der Waals surface area contributed by atoms with E-state index in [9.17, 15) is 4.79 Å². The van der Waals surface area contributed by atoms with E-state index in [1.165, 1.54) is 0 Å². The molecule has 3 rings (SSSR count). The Kier molecular flexibility index (Phi) is 5.09. The maximum Gasteiger partial charge on any atom is 0.234 e. The zero-order chi connectivity index (χ0) is 16.1. The van der Waals surface area contributed by atoms with E-state index < -0.39 is 0 Å². The topological polar surface area (TPSA) is 72.5 Å². The fourth-order valence-corrected chi connectivity index (χ4v) is 2.75. The van der Waals surface area contributed by atoms with Crippen LogP contribution in [0.1, 0.15) is 18.7 Å². The third kappa shape index (κ3) is 4.43. The van der Waals surface area contributed by atoms with Crippen LogP contribution in [-0.2, 0) is 16.1 Å². The lowest BCUT2D eigenvalue weighted by Gasteiger charge is -2.32. The molecule has 0 bridgehead atoms. The molecule has 2 aromatic heterocycles. The predicted octanol–water partition coefficient (Wildman–Crippen LogP) is 1.05. The van der Waals surface area contributed by atoms with E-state index >= 15 is 0 Å². The zero-order valence-electron chi connectivity index (χ0n) is 13.2. The average Bonchev–Trinajstić information content (AvgIpc) is 3.20. The first-order valence-electron chi connectivity index (χ1n) is 7.85. The maximum atomic E-state index is 12.2. The smallest absolute Gasteiger partial charge is 0.234 e. The van der Waals surface area contributed by atoms with Crippen LogP contribution in [0.4, 0.5) is 0 Å². The number of aromatic nitrogens is 2. The number of furan rings is 1. The Labute approximate surface area is 135 Å². The van der Waals surface area contributed by atoms with Gasteiger partial charge in [0.25, 0.3) is 0 Å². The highest BCUT2D eigenvalue weighted by Crippen LogP contribution is 2.12. The molecule has 2 atom stereocenters. The molecule has 0 aromatic carbocycles. The zero-order valence-corrected chi connectivity index (χ0v) is 13.2. The summed E-state index contributed by atoms with van der Waals surface area (Å²) in [6.07, 6.45) is 5.34. The molecule has 124 valence electrons. The van der Waals surface area contributed by atoms with Crippen molar-refractivity contribution in [2.75, 3.05) is 26.2 Å². The Morgan fingerprint density at radius 1 is 1.52 bits per heavy atom. The van der Waals surface area contributed by atoms with E-state index in [2.05, 4.69) is 15.3 Å². The van der Waals surface area contributed by atoms with E-state index in [1.807, 2.05) is 36.0 Å². The number of ether oxygens (including phenoxy) is 1. The summed E-state index contributed by atoms with van der Waals surface area (Å²) < 4.78 is 12.9. The first-order chi connectivity index (χ1) is 11.2. The molecule has 1 amide bonds. The maximum absolute atomic E-state index is 12.2. The van der Waals surface area contributed by atoms with Crippen molar-refractivity contribution >= 4 is 5.91 Å². The molecular weight excluding hydrogens is 296 g/mol. The molecule has 1 saturated heterocycles. The summed E-state index contributed by atoms with van der Waals surface area (Å²) in [5.74, 6) is 0.755. The molecule has 7 nitrogen and oxygen atoms in total. The van der Waals surface area contributed by atoms with Crippen LogP contribution in [0.2, 0.25) is 0 Å². The van der Waals surface area contributed by atoms with Gasteiger partial charge in [0, 0.05) is 25.5 Å². The van der Waals surface area contributed by atoms with Crippen LogP contribution >= 0.6 is 0 Å². The minimum atomic E-state index is -0.126. The first kappa shape index (κ1) is 15.8.